The Kier molecular flexibility index (Phi) is 5.39. The van der Waals surface area contributed by atoms with Gasteiger partial charge < -0.3 is 14.8 Å². The minimum Gasteiger partial charge on any atom is -0.494 e. The van der Waals surface area contributed by atoms with Crippen LogP contribution in [0.25, 0.3) is 6.08 Å². The summed E-state index contributed by atoms with van der Waals surface area (Å²) in [5.41, 5.74) is 3.08. The van der Waals surface area contributed by atoms with Crippen molar-refractivity contribution < 1.29 is 14.3 Å². The van der Waals surface area contributed by atoms with Crippen LogP contribution in [0.4, 0.5) is 0 Å². The quantitative estimate of drug-likeness (QED) is 0.817. The van der Waals surface area contributed by atoms with Crippen LogP contribution in [0.2, 0.25) is 0 Å². The highest BCUT2D eigenvalue weighted by Gasteiger charge is 2.21. The van der Waals surface area contributed by atoms with Crippen molar-refractivity contribution >= 4 is 12.0 Å². The molecule has 2 aromatic carbocycles. The summed E-state index contributed by atoms with van der Waals surface area (Å²) in [6.07, 6.45) is 4.42. The SMILES string of the molecule is CCOc1cc2c(cc1CNC(=O)/C=C/c1ccccc1)O[C@H](C)C2. The maximum atomic E-state index is 12.1. The van der Waals surface area contributed by atoms with E-state index in [9.17, 15) is 4.79 Å². The van der Waals surface area contributed by atoms with E-state index in [0.717, 1.165) is 34.6 Å². The topological polar surface area (TPSA) is 47.6 Å². The fraction of sp³-hybridized carbons (Fsp3) is 0.286. The molecule has 1 N–H and O–H groups in total. The number of rotatable bonds is 6. The minimum absolute atomic E-state index is 0.138. The predicted molar refractivity (Wildman–Crippen MR) is 98.7 cm³/mol. The monoisotopic (exact) mass is 337 g/mol. The predicted octanol–water partition coefficient (Wildman–Crippen LogP) is 3.74. The molecule has 1 aliphatic rings. The molecule has 3 rings (SSSR count). The summed E-state index contributed by atoms with van der Waals surface area (Å²) < 4.78 is 11.5. The normalized spacial score (nSPS) is 15.7. The fourth-order valence-electron chi connectivity index (χ4n) is 2.89. The zero-order valence-corrected chi connectivity index (χ0v) is 14.6. The maximum Gasteiger partial charge on any atom is 0.244 e. The van der Waals surface area contributed by atoms with Gasteiger partial charge in [-0.2, -0.15) is 0 Å². The second kappa shape index (κ2) is 7.88. The third-order valence-electron chi connectivity index (χ3n) is 4.06. The molecule has 130 valence electrons. The van der Waals surface area contributed by atoms with Crippen molar-refractivity contribution in [3.63, 3.8) is 0 Å². The van der Waals surface area contributed by atoms with Gasteiger partial charge in [-0.1, -0.05) is 30.3 Å². The third-order valence-corrected chi connectivity index (χ3v) is 4.06. The van der Waals surface area contributed by atoms with E-state index in [1.807, 2.05) is 49.4 Å². The standard InChI is InChI=1S/C21H23NO3/c1-3-24-19-12-17-11-15(2)25-20(17)13-18(19)14-22-21(23)10-9-16-7-5-4-6-8-16/h4-10,12-13,15H,3,11,14H2,1-2H3,(H,22,23)/b10-9+/t15-/m1/s1. The lowest BCUT2D eigenvalue weighted by atomic mass is 10.1. The van der Waals surface area contributed by atoms with Gasteiger partial charge in [-0.15, -0.1) is 0 Å². The van der Waals surface area contributed by atoms with E-state index in [1.165, 1.54) is 0 Å². The summed E-state index contributed by atoms with van der Waals surface area (Å²) in [5, 5.41) is 2.91. The van der Waals surface area contributed by atoms with Gasteiger partial charge in [0.25, 0.3) is 0 Å². The van der Waals surface area contributed by atoms with Crippen LogP contribution in [0.5, 0.6) is 11.5 Å². The molecule has 0 aliphatic carbocycles. The number of ether oxygens (including phenoxy) is 2. The van der Waals surface area contributed by atoms with Crippen LogP contribution in [0.15, 0.2) is 48.5 Å². The zero-order valence-electron chi connectivity index (χ0n) is 14.6. The summed E-state index contributed by atoms with van der Waals surface area (Å²) in [5.74, 6) is 1.56. The number of hydrogen-bond acceptors (Lipinski definition) is 3. The van der Waals surface area contributed by atoms with Gasteiger partial charge in [0.15, 0.2) is 0 Å². The van der Waals surface area contributed by atoms with E-state index in [1.54, 1.807) is 12.2 Å². The summed E-state index contributed by atoms with van der Waals surface area (Å²) in [6.45, 7) is 5.00. The van der Waals surface area contributed by atoms with Crippen molar-refractivity contribution in [2.24, 2.45) is 0 Å². The summed E-state index contributed by atoms with van der Waals surface area (Å²) in [7, 11) is 0. The first-order valence-electron chi connectivity index (χ1n) is 8.62. The summed E-state index contributed by atoms with van der Waals surface area (Å²) in [6, 6.07) is 13.7. The minimum atomic E-state index is -0.138. The third kappa shape index (κ3) is 4.41. The van der Waals surface area contributed by atoms with E-state index >= 15 is 0 Å². The van der Waals surface area contributed by atoms with Crippen molar-refractivity contribution in [2.75, 3.05) is 6.61 Å². The lowest BCUT2D eigenvalue weighted by molar-refractivity contribution is -0.116. The molecule has 25 heavy (non-hydrogen) atoms. The molecule has 1 aliphatic heterocycles. The van der Waals surface area contributed by atoms with Crippen molar-refractivity contribution in [1.82, 2.24) is 5.32 Å². The Hall–Kier alpha value is -2.75. The highest BCUT2D eigenvalue weighted by Crippen LogP contribution is 2.35. The molecule has 0 saturated heterocycles. The van der Waals surface area contributed by atoms with E-state index in [-0.39, 0.29) is 12.0 Å². The Morgan fingerprint density at radius 2 is 2.12 bits per heavy atom. The average Bonchev–Trinajstić information content (AvgIpc) is 2.98. The van der Waals surface area contributed by atoms with Crippen molar-refractivity contribution in [3.8, 4) is 11.5 Å². The lowest BCUT2D eigenvalue weighted by Gasteiger charge is -2.13. The number of fused-ring (bicyclic) bond motifs is 1. The lowest BCUT2D eigenvalue weighted by Crippen LogP contribution is -2.20. The van der Waals surface area contributed by atoms with Crippen LogP contribution in [0.1, 0.15) is 30.5 Å². The molecule has 1 amide bonds. The van der Waals surface area contributed by atoms with Gasteiger partial charge >= 0.3 is 0 Å². The van der Waals surface area contributed by atoms with Gasteiger partial charge in [-0.25, -0.2) is 0 Å². The molecular formula is C21H23NO3. The Morgan fingerprint density at radius 3 is 2.88 bits per heavy atom. The van der Waals surface area contributed by atoms with Crippen molar-refractivity contribution in [3.05, 3.63) is 65.2 Å². The van der Waals surface area contributed by atoms with Gasteiger partial charge in [-0.3, -0.25) is 4.79 Å². The van der Waals surface area contributed by atoms with Crippen LogP contribution in [-0.2, 0) is 17.8 Å². The van der Waals surface area contributed by atoms with E-state index < -0.39 is 0 Å². The second-order valence-corrected chi connectivity index (χ2v) is 6.10. The molecule has 0 spiro atoms. The van der Waals surface area contributed by atoms with Crippen molar-refractivity contribution in [2.45, 2.75) is 32.9 Å². The maximum absolute atomic E-state index is 12.1. The van der Waals surface area contributed by atoms with E-state index in [4.69, 9.17) is 9.47 Å². The Balaban J connectivity index is 1.67. The number of nitrogens with one attached hydrogen (secondary N) is 1. The van der Waals surface area contributed by atoms with Gasteiger partial charge in [0, 0.05) is 30.2 Å². The molecule has 0 aromatic heterocycles. The van der Waals surface area contributed by atoms with Crippen LogP contribution in [0.3, 0.4) is 0 Å². The molecule has 4 nitrogen and oxygen atoms in total. The number of benzene rings is 2. The largest absolute Gasteiger partial charge is 0.494 e. The van der Waals surface area contributed by atoms with Gasteiger partial charge in [-0.05, 0) is 37.6 Å². The van der Waals surface area contributed by atoms with Crippen molar-refractivity contribution in [1.29, 1.82) is 0 Å². The molecule has 1 heterocycles. The Labute approximate surface area is 148 Å². The fourth-order valence-corrected chi connectivity index (χ4v) is 2.89. The second-order valence-electron chi connectivity index (χ2n) is 6.10. The molecule has 0 fully saturated rings. The van der Waals surface area contributed by atoms with Gasteiger partial charge in [0.1, 0.15) is 17.6 Å². The zero-order chi connectivity index (χ0) is 17.6. The Morgan fingerprint density at radius 1 is 1.32 bits per heavy atom. The Bertz CT molecular complexity index is 768. The molecular weight excluding hydrogens is 314 g/mol. The highest BCUT2D eigenvalue weighted by atomic mass is 16.5. The van der Waals surface area contributed by atoms with E-state index in [2.05, 4.69) is 12.2 Å². The van der Waals surface area contributed by atoms with E-state index in [0.29, 0.717) is 13.2 Å². The van der Waals surface area contributed by atoms with Gasteiger partial charge in [0.2, 0.25) is 5.91 Å². The highest BCUT2D eigenvalue weighted by molar-refractivity contribution is 5.91. The molecule has 1 atom stereocenters. The number of hydrogen-bond donors (Lipinski definition) is 1. The first-order chi connectivity index (χ1) is 12.2. The first kappa shape index (κ1) is 17.1. The summed E-state index contributed by atoms with van der Waals surface area (Å²) >= 11 is 0. The number of carbonyl (C=O) groups excluding carboxylic acids is 1. The van der Waals surface area contributed by atoms with Crippen LogP contribution in [0, 0.1) is 0 Å². The molecule has 0 radical (unpaired) electrons. The smallest absolute Gasteiger partial charge is 0.244 e. The molecule has 4 heteroatoms. The molecule has 0 bridgehead atoms. The van der Waals surface area contributed by atoms with Crippen LogP contribution in [-0.4, -0.2) is 18.6 Å². The molecule has 0 saturated carbocycles. The number of carbonyl (C=O) groups is 1. The van der Waals surface area contributed by atoms with Crippen LogP contribution < -0.4 is 14.8 Å². The first-order valence-corrected chi connectivity index (χ1v) is 8.62. The summed E-state index contributed by atoms with van der Waals surface area (Å²) in [4.78, 5) is 12.1. The van der Waals surface area contributed by atoms with Gasteiger partial charge in [0.05, 0.1) is 6.61 Å². The molecule has 0 unspecified atom stereocenters. The van der Waals surface area contributed by atoms with Crippen LogP contribution >= 0.6 is 0 Å². The molecule has 2 aromatic rings. The number of amides is 1. The average molecular weight is 337 g/mol.